The molecule has 0 aliphatic carbocycles. The third kappa shape index (κ3) is 2.79. The van der Waals surface area contributed by atoms with E-state index in [1.54, 1.807) is 30.6 Å². The quantitative estimate of drug-likeness (QED) is 0.912. The lowest BCUT2D eigenvalue weighted by Gasteiger charge is -2.34. The number of aromatic nitrogens is 2. The Kier molecular flexibility index (Phi) is 3.80. The van der Waals surface area contributed by atoms with Crippen molar-refractivity contribution in [1.82, 2.24) is 14.9 Å². The first-order valence-corrected chi connectivity index (χ1v) is 8.31. The maximum Gasteiger partial charge on any atom is 0.254 e. The first-order chi connectivity index (χ1) is 11.7. The van der Waals surface area contributed by atoms with Crippen molar-refractivity contribution < 1.29 is 9.90 Å². The van der Waals surface area contributed by atoms with Gasteiger partial charge in [-0.1, -0.05) is 6.07 Å². The molecule has 6 heteroatoms. The van der Waals surface area contributed by atoms with Crippen LogP contribution >= 0.6 is 0 Å². The maximum absolute atomic E-state index is 12.7. The highest BCUT2D eigenvalue weighted by Gasteiger charge is 2.39. The predicted octanol–water partition coefficient (Wildman–Crippen LogP) is 1.78. The maximum atomic E-state index is 12.7. The molecule has 24 heavy (non-hydrogen) atoms. The summed E-state index contributed by atoms with van der Waals surface area (Å²) in [6.45, 7) is 3.36. The molecule has 6 nitrogen and oxygen atoms in total. The van der Waals surface area contributed by atoms with Crippen molar-refractivity contribution in [3.05, 3.63) is 48.3 Å². The lowest BCUT2D eigenvalue weighted by Crippen LogP contribution is -2.40. The number of hydrogen-bond acceptors (Lipinski definition) is 5. The molecule has 1 aromatic carbocycles. The Balaban J connectivity index is 1.45. The van der Waals surface area contributed by atoms with Gasteiger partial charge in [0.25, 0.3) is 5.91 Å². The van der Waals surface area contributed by atoms with Crippen LogP contribution in [0.5, 0.6) is 5.75 Å². The SMILES string of the molecule is O=C(c1cccc(O)c1)N1C[C@H]2CCN(c3ncccn3)C[C@H]2C1. The summed E-state index contributed by atoms with van der Waals surface area (Å²) in [7, 11) is 0. The Morgan fingerprint density at radius 3 is 2.67 bits per heavy atom. The van der Waals surface area contributed by atoms with Crippen molar-refractivity contribution in [2.24, 2.45) is 11.8 Å². The van der Waals surface area contributed by atoms with Crippen molar-refractivity contribution in [2.45, 2.75) is 6.42 Å². The monoisotopic (exact) mass is 324 g/mol. The Bertz CT molecular complexity index is 737. The molecular weight excluding hydrogens is 304 g/mol. The van der Waals surface area contributed by atoms with Gasteiger partial charge in [0.05, 0.1) is 0 Å². The van der Waals surface area contributed by atoms with Crippen LogP contribution in [0.2, 0.25) is 0 Å². The molecule has 0 unspecified atom stereocenters. The van der Waals surface area contributed by atoms with Crippen LogP contribution in [-0.2, 0) is 0 Å². The topological polar surface area (TPSA) is 69.6 Å². The van der Waals surface area contributed by atoms with Gasteiger partial charge in [0, 0.05) is 44.1 Å². The summed E-state index contributed by atoms with van der Waals surface area (Å²) in [6.07, 6.45) is 4.58. The second-order valence-electron chi connectivity index (χ2n) is 6.56. The number of phenols is 1. The average Bonchev–Trinajstić information content (AvgIpc) is 3.05. The number of rotatable bonds is 2. The van der Waals surface area contributed by atoms with Gasteiger partial charge in [-0.25, -0.2) is 9.97 Å². The van der Waals surface area contributed by atoms with Crippen molar-refractivity contribution in [2.75, 3.05) is 31.1 Å². The molecule has 3 heterocycles. The van der Waals surface area contributed by atoms with Crippen LogP contribution in [0, 0.1) is 11.8 Å². The molecule has 4 rings (SSSR count). The number of benzene rings is 1. The summed E-state index contributed by atoms with van der Waals surface area (Å²) >= 11 is 0. The van der Waals surface area contributed by atoms with Crippen LogP contribution < -0.4 is 4.90 Å². The van der Waals surface area contributed by atoms with E-state index >= 15 is 0 Å². The number of phenolic OH excluding ortho intramolecular Hbond substituents is 1. The number of fused-ring (bicyclic) bond motifs is 1. The first kappa shape index (κ1) is 14.9. The van der Waals surface area contributed by atoms with Gasteiger partial charge in [-0.2, -0.15) is 0 Å². The Hall–Kier alpha value is -2.63. The summed E-state index contributed by atoms with van der Waals surface area (Å²) in [5.41, 5.74) is 0.553. The number of anilines is 1. The zero-order valence-electron chi connectivity index (χ0n) is 13.4. The molecule has 0 bridgehead atoms. The molecule has 2 saturated heterocycles. The molecule has 2 aliphatic heterocycles. The second-order valence-corrected chi connectivity index (χ2v) is 6.56. The van der Waals surface area contributed by atoms with E-state index in [-0.39, 0.29) is 11.7 Å². The van der Waals surface area contributed by atoms with Crippen LogP contribution in [0.4, 0.5) is 5.95 Å². The van der Waals surface area contributed by atoms with E-state index in [4.69, 9.17) is 0 Å². The van der Waals surface area contributed by atoms with E-state index in [9.17, 15) is 9.90 Å². The molecule has 1 N–H and O–H groups in total. The molecule has 124 valence electrons. The zero-order chi connectivity index (χ0) is 16.5. The fraction of sp³-hybridized carbons (Fsp3) is 0.389. The Morgan fingerprint density at radius 2 is 1.88 bits per heavy atom. The van der Waals surface area contributed by atoms with E-state index in [0.29, 0.717) is 17.4 Å². The average molecular weight is 324 g/mol. The Labute approximate surface area is 140 Å². The molecule has 0 spiro atoms. The zero-order valence-corrected chi connectivity index (χ0v) is 13.4. The van der Waals surface area contributed by atoms with Crippen molar-refractivity contribution >= 4 is 11.9 Å². The molecule has 1 aromatic heterocycles. The van der Waals surface area contributed by atoms with E-state index in [2.05, 4.69) is 14.9 Å². The summed E-state index contributed by atoms with van der Waals surface area (Å²) in [5, 5.41) is 9.58. The molecule has 2 aliphatic rings. The molecule has 0 radical (unpaired) electrons. The number of carbonyl (C=O) groups excluding carboxylic acids is 1. The predicted molar refractivity (Wildman–Crippen MR) is 89.9 cm³/mol. The Morgan fingerprint density at radius 1 is 1.08 bits per heavy atom. The molecule has 1 amide bonds. The van der Waals surface area contributed by atoms with Gasteiger partial charge >= 0.3 is 0 Å². The summed E-state index contributed by atoms with van der Waals surface area (Å²) in [6, 6.07) is 8.41. The fourth-order valence-electron chi connectivity index (χ4n) is 3.79. The molecule has 2 fully saturated rings. The van der Waals surface area contributed by atoms with Gasteiger partial charge in [0.2, 0.25) is 5.95 Å². The lowest BCUT2D eigenvalue weighted by atomic mass is 9.89. The van der Waals surface area contributed by atoms with Crippen LogP contribution in [0.15, 0.2) is 42.7 Å². The van der Waals surface area contributed by atoms with Crippen LogP contribution in [-0.4, -0.2) is 52.1 Å². The normalized spacial score (nSPS) is 23.2. The number of hydrogen-bond donors (Lipinski definition) is 1. The number of amides is 1. The third-order valence-corrected chi connectivity index (χ3v) is 5.02. The summed E-state index contributed by atoms with van der Waals surface area (Å²) in [5.74, 6) is 1.89. The van der Waals surface area contributed by atoms with Gasteiger partial charge in [0.15, 0.2) is 0 Å². The number of likely N-dealkylation sites (tertiary alicyclic amines) is 1. The number of piperidine rings is 1. The molecule has 0 saturated carbocycles. The number of carbonyl (C=O) groups is 1. The highest BCUT2D eigenvalue weighted by atomic mass is 16.3. The highest BCUT2D eigenvalue weighted by molar-refractivity contribution is 5.94. The summed E-state index contributed by atoms with van der Waals surface area (Å²) < 4.78 is 0. The van der Waals surface area contributed by atoms with Crippen molar-refractivity contribution in [3.8, 4) is 5.75 Å². The summed E-state index contributed by atoms with van der Waals surface area (Å²) in [4.78, 5) is 25.5. The van der Waals surface area contributed by atoms with Gasteiger partial charge in [-0.3, -0.25) is 4.79 Å². The lowest BCUT2D eigenvalue weighted by molar-refractivity contribution is 0.0784. The first-order valence-electron chi connectivity index (χ1n) is 8.31. The molecule has 2 atom stereocenters. The van der Waals surface area contributed by atoms with Crippen molar-refractivity contribution in [1.29, 1.82) is 0 Å². The van der Waals surface area contributed by atoms with Gasteiger partial charge in [-0.15, -0.1) is 0 Å². The largest absolute Gasteiger partial charge is 0.508 e. The van der Waals surface area contributed by atoms with E-state index in [0.717, 1.165) is 38.5 Å². The molecular formula is C18H20N4O2. The van der Waals surface area contributed by atoms with Gasteiger partial charge < -0.3 is 14.9 Å². The van der Waals surface area contributed by atoms with Crippen LogP contribution in [0.3, 0.4) is 0 Å². The minimum atomic E-state index is 0.00260. The van der Waals surface area contributed by atoms with E-state index in [1.807, 2.05) is 11.0 Å². The highest BCUT2D eigenvalue weighted by Crippen LogP contribution is 2.33. The smallest absolute Gasteiger partial charge is 0.254 e. The van der Waals surface area contributed by atoms with E-state index < -0.39 is 0 Å². The standard InChI is InChI=1S/C18H20N4O2/c23-16-4-1-3-13(9-16)17(24)22-10-14-5-8-21(11-15(14)12-22)18-19-6-2-7-20-18/h1-4,6-7,9,14-15,23H,5,8,10-12H2/t14-,15+/m1/s1. The van der Waals surface area contributed by atoms with Crippen LogP contribution in [0.1, 0.15) is 16.8 Å². The fourth-order valence-corrected chi connectivity index (χ4v) is 3.79. The minimum Gasteiger partial charge on any atom is -0.508 e. The minimum absolute atomic E-state index is 0.00260. The number of nitrogens with zero attached hydrogens (tertiary/aromatic N) is 4. The molecule has 2 aromatic rings. The van der Waals surface area contributed by atoms with E-state index in [1.165, 1.54) is 6.07 Å². The second kappa shape index (κ2) is 6.11. The van der Waals surface area contributed by atoms with Crippen LogP contribution in [0.25, 0.3) is 0 Å². The van der Waals surface area contributed by atoms with Gasteiger partial charge in [-0.05, 0) is 42.5 Å². The third-order valence-electron chi connectivity index (χ3n) is 5.02. The van der Waals surface area contributed by atoms with Crippen molar-refractivity contribution in [3.63, 3.8) is 0 Å². The number of aromatic hydroxyl groups is 1. The van der Waals surface area contributed by atoms with Gasteiger partial charge in [0.1, 0.15) is 5.75 Å².